The molecular weight excluding hydrogens is 323 g/mol. The Kier molecular flexibility index (Phi) is 4.68. The minimum atomic E-state index is -0.483. The van der Waals surface area contributed by atoms with Crippen LogP contribution in [-0.2, 0) is 0 Å². The Morgan fingerprint density at radius 1 is 1.30 bits per heavy atom. The lowest BCUT2D eigenvalue weighted by Gasteiger charge is -2.31. The number of rotatable bonds is 3. The van der Waals surface area contributed by atoms with Gasteiger partial charge in [0.15, 0.2) is 11.6 Å². The van der Waals surface area contributed by atoms with E-state index in [0.29, 0.717) is 17.4 Å². The first kappa shape index (κ1) is 15.3. The number of ether oxygens (including phenoxy) is 1. The van der Waals surface area contributed by atoms with E-state index in [1.165, 1.54) is 6.42 Å². The fourth-order valence-corrected chi connectivity index (χ4v) is 3.52. The van der Waals surface area contributed by atoms with Gasteiger partial charge >= 0.3 is 0 Å². The zero-order chi connectivity index (χ0) is 14.9. The molecule has 0 heterocycles. The van der Waals surface area contributed by atoms with E-state index in [1.54, 1.807) is 12.1 Å². The Hall–Kier alpha value is -1.10. The third-order valence-corrected chi connectivity index (χ3v) is 4.54. The van der Waals surface area contributed by atoms with Crippen molar-refractivity contribution in [3.63, 3.8) is 0 Å². The Balaban J connectivity index is 2.18. The fourth-order valence-electron chi connectivity index (χ4n) is 2.98. The average Bonchev–Trinajstić information content (AvgIpc) is 2.33. The molecule has 5 heteroatoms. The Morgan fingerprint density at radius 3 is 2.45 bits per heavy atom. The molecule has 0 aliphatic heterocycles. The summed E-state index contributed by atoms with van der Waals surface area (Å²) in [6, 6.07) is 3.17. The van der Waals surface area contributed by atoms with Crippen molar-refractivity contribution in [3.05, 3.63) is 28.0 Å². The number of amidine groups is 1. The van der Waals surface area contributed by atoms with Crippen molar-refractivity contribution in [2.24, 2.45) is 17.6 Å². The molecule has 1 saturated carbocycles. The maximum atomic E-state index is 14.2. The molecule has 20 heavy (non-hydrogen) atoms. The van der Waals surface area contributed by atoms with Crippen molar-refractivity contribution < 1.29 is 9.13 Å². The molecule has 0 radical (unpaired) electrons. The van der Waals surface area contributed by atoms with Crippen LogP contribution in [0.1, 0.15) is 38.7 Å². The van der Waals surface area contributed by atoms with Gasteiger partial charge in [0.2, 0.25) is 0 Å². The summed E-state index contributed by atoms with van der Waals surface area (Å²) in [6.07, 6.45) is 3.17. The first-order valence-corrected chi connectivity index (χ1v) is 7.66. The smallest absolute Gasteiger partial charge is 0.179 e. The predicted octanol–water partition coefficient (Wildman–Crippen LogP) is 4.08. The van der Waals surface area contributed by atoms with Crippen LogP contribution in [0.25, 0.3) is 0 Å². The summed E-state index contributed by atoms with van der Waals surface area (Å²) >= 11 is 3.14. The zero-order valence-electron chi connectivity index (χ0n) is 11.7. The lowest BCUT2D eigenvalue weighted by atomic mass is 9.82. The quantitative estimate of drug-likeness (QED) is 0.642. The number of nitrogens with one attached hydrogen (secondary N) is 1. The summed E-state index contributed by atoms with van der Waals surface area (Å²) in [5.74, 6) is 0.789. The second-order valence-electron chi connectivity index (χ2n) is 5.81. The van der Waals surface area contributed by atoms with Gasteiger partial charge in [-0.1, -0.05) is 13.8 Å². The lowest BCUT2D eigenvalue weighted by molar-refractivity contribution is 0.0969. The summed E-state index contributed by atoms with van der Waals surface area (Å²) in [6.45, 7) is 4.41. The highest BCUT2D eigenvalue weighted by molar-refractivity contribution is 9.10. The molecule has 2 unspecified atom stereocenters. The van der Waals surface area contributed by atoms with E-state index in [-0.39, 0.29) is 22.2 Å². The Labute approximate surface area is 127 Å². The average molecular weight is 343 g/mol. The highest BCUT2D eigenvalue weighted by Crippen LogP contribution is 2.34. The monoisotopic (exact) mass is 342 g/mol. The Bertz CT molecular complexity index is 511. The van der Waals surface area contributed by atoms with E-state index in [9.17, 15) is 4.39 Å². The highest BCUT2D eigenvalue weighted by Gasteiger charge is 2.26. The summed E-state index contributed by atoms with van der Waals surface area (Å²) in [5.41, 5.74) is 5.75. The number of nitrogen functional groups attached to an aromatic ring is 1. The van der Waals surface area contributed by atoms with E-state index in [1.807, 2.05) is 0 Å². The first-order valence-electron chi connectivity index (χ1n) is 6.87. The van der Waals surface area contributed by atoms with Gasteiger partial charge in [-0.05, 0) is 59.2 Å². The first-order chi connectivity index (χ1) is 9.38. The van der Waals surface area contributed by atoms with E-state index >= 15 is 0 Å². The van der Waals surface area contributed by atoms with Crippen LogP contribution in [0, 0.1) is 23.1 Å². The number of nitrogens with two attached hydrogens (primary N) is 1. The van der Waals surface area contributed by atoms with Gasteiger partial charge in [-0.25, -0.2) is 4.39 Å². The van der Waals surface area contributed by atoms with E-state index < -0.39 is 5.82 Å². The van der Waals surface area contributed by atoms with Crippen LogP contribution in [0.2, 0.25) is 0 Å². The standard InChI is InChI=1S/C15H20BrFN2O/c1-8-5-9(2)7-10(6-8)20-12-4-3-11(15(18)19)13(16)14(12)17/h3-4,8-10H,5-7H2,1-2H3,(H3,18,19). The molecule has 1 fully saturated rings. The van der Waals surface area contributed by atoms with Crippen LogP contribution in [0.15, 0.2) is 16.6 Å². The molecule has 110 valence electrons. The molecule has 2 atom stereocenters. The van der Waals surface area contributed by atoms with Gasteiger partial charge in [0.1, 0.15) is 5.84 Å². The molecule has 1 aromatic rings. The van der Waals surface area contributed by atoms with Crippen LogP contribution in [0.3, 0.4) is 0 Å². The van der Waals surface area contributed by atoms with Gasteiger partial charge in [-0.15, -0.1) is 0 Å². The van der Waals surface area contributed by atoms with Crippen LogP contribution >= 0.6 is 15.9 Å². The van der Waals surface area contributed by atoms with E-state index in [0.717, 1.165) is 12.8 Å². The molecule has 1 aromatic carbocycles. The van der Waals surface area contributed by atoms with Crippen molar-refractivity contribution in [1.82, 2.24) is 0 Å². The molecule has 0 aromatic heterocycles. The molecular formula is C15H20BrFN2O. The maximum Gasteiger partial charge on any atom is 0.179 e. The van der Waals surface area contributed by atoms with Crippen LogP contribution in [0.4, 0.5) is 4.39 Å². The summed E-state index contributed by atoms with van der Waals surface area (Å²) in [7, 11) is 0. The molecule has 0 bridgehead atoms. The lowest BCUT2D eigenvalue weighted by Crippen LogP contribution is -2.28. The van der Waals surface area contributed by atoms with Gasteiger partial charge in [0.05, 0.1) is 10.6 Å². The van der Waals surface area contributed by atoms with Gasteiger partial charge in [-0.2, -0.15) is 0 Å². The minimum Gasteiger partial charge on any atom is -0.487 e. The molecule has 0 spiro atoms. The summed E-state index contributed by atoms with van der Waals surface area (Å²) in [4.78, 5) is 0. The molecule has 3 nitrogen and oxygen atoms in total. The van der Waals surface area contributed by atoms with E-state index in [4.69, 9.17) is 15.9 Å². The number of hydrogen-bond acceptors (Lipinski definition) is 2. The van der Waals surface area contributed by atoms with Gasteiger partial charge in [0, 0.05) is 5.56 Å². The second kappa shape index (κ2) is 6.12. The fraction of sp³-hybridized carbons (Fsp3) is 0.533. The van der Waals surface area contributed by atoms with Crippen molar-refractivity contribution in [2.45, 2.75) is 39.2 Å². The third kappa shape index (κ3) is 3.32. The van der Waals surface area contributed by atoms with Crippen LogP contribution in [-0.4, -0.2) is 11.9 Å². The summed E-state index contributed by atoms with van der Waals surface area (Å²) < 4.78 is 20.3. The molecule has 2 rings (SSSR count). The van der Waals surface area contributed by atoms with Crippen molar-refractivity contribution in [1.29, 1.82) is 5.41 Å². The number of benzene rings is 1. The van der Waals surface area contributed by atoms with Gasteiger partial charge < -0.3 is 10.5 Å². The highest BCUT2D eigenvalue weighted by atomic mass is 79.9. The third-order valence-electron chi connectivity index (χ3n) is 3.77. The topological polar surface area (TPSA) is 59.1 Å². The van der Waals surface area contributed by atoms with Gasteiger partial charge in [-0.3, -0.25) is 5.41 Å². The number of halogens is 2. The molecule has 0 amide bonds. The minimum absolute atomic E-state index is 0.0540. The molecule has 1 aliphatic rings. The SMILES string of the molecule is CC1CC(C)CC(Oc2ccc(C(=N)N)c(Br)c2F)C1. The maximum absolute atomic E-state index is 14.2. The van der Waals surface area contributed by atoms with E-state index in [2.05, 4.69) is 29.8 Å². The largest absolute Gasteiger partial charge is 0.487 e. The van der Waals surface area contributed by atoms with Crippen molar-refractivity contribution in [3.8, 4) is 5.75 Å². The molecule has 0 saturated heterocycles. The predicted molar refractivity (Wildman–Crippen MR) is 81.7 cm³/mol. The molecule has 3 N–H and O–H groups in total. The Morgan fingerprint density at radius 2 is 1.90 bits per heavy atom. The summed E-state index contributed by atoms with van der Waals surface area (Å²) in [5, 5.41) is 7.39. The van der Waals surface area contributed by atoms with Crippen LogP contribution < -0.4 is 10.5 Å². The number of hydrogen-bond donors (Lipinski definition) is 2. The van der Waals surface area contributed by atoms with Crippen molar-refractivity contribution >= 4 is 21.8 Å². The normalized spacial score (nSPS) is 26.3. The zero-order valence-corrected chi connectivity index (χ0v) is 13.3. The molecule has 1 aliphatic carbocycles. The second-order valence-corrected chi connectivity index (χ2v) is 6.60. The van der Waals surface area contributed by atoms with Crippen LogP contribution in [0.5, 0.6) is 5.75 Å². The van der Waals surface area contributed by atoms with Gasteiger partial charge in [0.25, 0.3) is 0 Å². The van der Waals surface area contributed by atoms with Crippen molar-refractivity contribution in [2.75, 3.05) is 0 Å².